The fraction of sp³-hybridized carbons (Fsp3) is 0.188. The first-order chi connectivity index (χ1) is 10.0. The number of nitrogens with two attached hydrogens (primary N) is 1. The number of furan rings is 2. The van der Waals surface area contributed by atoms with E-state index in [0.29, 0.717) is 11.6 Å². The van der Waals surface area contributed by atoms with E-state index in [1.54, 1.807) is 6.07 Å². The van der Waals surface area contributed by atoms with Gasteiger partial charge in [0.05, 0.1) is 5.56 Å². The predicted octanol–water partition coefficient (Wildman–Crippen LogP) is 4.34. The molecule has 0 aliphatic carbocycles. The van der Waals surface area contributed by atoms with Crippen molar-refractivity contribution >= 4 is 27.8 Å². The van der Waals surface area contributed by atoms with Gasteiger partial charge in [0.2, 0.25) is 0 Å². The van der Waals surface area contributed by atoms with Gasteiger partial charge in [0.1, 0.15) is 22.7 Å². The van der Waals surface area contributed by atoms with Gasteiger partial charge >= 0.3 is 0 Å². The first-order valence-corrected chi connectivity index (χ1v) is 6.70. The first kappa shape index (κ1) is 12.1. The average molecular weight is 282 g/mol. The van der Waals surface area contributed by atoms with E-state index in [0.717, 1.165) is 44.6 Å². The number of aromatic nitrogens is 1. The number of nitrogens with zero attached hydrogens (tertiary/aromatic N) is 1. The van der Waals surface area contributed by atoms with Gasteiger partial charge in [-0.05, 0) is 32.9 Å². The highest BCUT2D eigenvalue weighted by atomic mass is 16.5. The summed E-state index contributed by atoms with van der Waals surface area (Å²) in [7, 11) is 0. The van der Waals surface area contributed by atoms with Crippen LogP contribution in [0, 0.1) is 20.8 Å². The number of nitrogen functional groups attached to an aromatic ring is 1. The van der Waals surface area contributed by atoms with Crippen LogP contribution in [0.3, 0.4) is 0 Å². The summed E-state index contributed by atoms with van der Waals surface area (Å²) in [6.07, 6.45) is 0. The Morgan fingerprint density at radius 2 is 1.57 bits per heavy atom. The Kier molecular flexibility index (Phi) is 2.25. The SMILES string of the molecule is Cc1cc2c(-c3cc(N)no3)c3oc(C)cc3c(C)c2o1. The average Bonchev–Trinajstić information content (AvgIpc) is 3.09. The minimum atomic E-state index is 0.343. The second kappa shape index (κ2) is 3.91. The lowest BCUT2D eigenvalue weighted by molar-refractivity contribution is 0.435. The van der Waals surface area contributed by atoms with Gasteiger partial charge in [-0.2, -0.15) is 0 Å². The summed E-state index contributed by atoms with van der Waals surface area (Å²) in [6, 6.07) is 5.68. The van der Waals surface area contributed by atoms with Crippen molar-refractivity contribution in [3.63, 3.8) is 0 Å². The lowest BCUT2D eigenvalue weighted by Gasteiger charge is -2.03. The molecule has 0 radical (unpaired) electrons. The van der Waals surface area contributed by atoms with Crippen molar-refractivity contribution < 1.29 is 13.4 Å². The molecule has 0 saturated heterocycles. The Hall–Kier alpha value is -2.69. The fourth-order valence-corrected chi connectivity index (χ4v) is 2.85. The first-order valence-electron chi connectivity index (χ1n) is 6.70. The van der Waals surface area contributed by atoms with Crippen molar-refractivity contribution in [3.05, 3.63) is 35.3 Å². The van der Waals surface area contributed by atoms with Gasteiger partial charge in [0.15, 0.2) is 11.6 Å². The van der Waals surface area contributed by atoms with Crippen molar-refractivity contribution in [1.82, 2.24) is 5.16 Å². The normalized spacial score (nSPS) is 11.8. The van der Waals surface area contributed by atoms with Crippen molar-refractivity contribution in [2.45, 2.75) is 20.8 Å². The molecule has 0 spiro atoms. The van der Waals surface area contributed by atoms with E-state index in [4.69, 9.17) is 19.1 Å². The van der Waals surface area contributed by atoms with Crippen LogP contribution in [0.1, 0.15) is 17.1 Å². The molecule has 1 aromatic carbocycles. The van der Waals surface area contributed by atoms with E-state index in [1.165, 1.54) is 0 Å². The van der Waals surface area contributed by atoms with Crippen molar-refractivity contribution in [3.8, 4) is 11.3 Å². The lowest BCUT2D eigenvalue weighted by atomic mass is 10.0. The Balaban J connectivity index is 2.25. The predicted molar refractivity (Wildman–Crippen MR) is 80.1 cm³/mol. The summed E-state index contributed by atoms with van der Waals surface area (Å²) in [5, 5.41) is 5.73. The van der Waals surface area contributed by atoms with E-state index in [2.05, 4.69) is 5.16 Å². The van der Waals surface area contributed by atoms with Crippen LogP contribution >= 0.6 is 0 Å². The van der Waals surface area contributed by atoms with Crippen LogP contribution in [0.25, 0.3) is 33.3 Å². The van der Waals surface area contributed by atoms with Crippen molar-refractivity contribution in [2.75, 3.05) is 5.73 Å². The molecular weight excluding hydrogens is 268 g/mol. The van der Waals surface area contributed by atoms with Gasteiger partial charge in [-0.25, -0.2) is 0 Å². The van der Waals surface area contributed by atoms with Crippen LogP contribution in [0.15, 0.2) is 31.6 Å². The molecule has 3 aromatic heterocycles. The van der Waals surface area contributed by atoms with Crippen LogP contribution < -0.4 is 5.73 Å². The smallest absolute Gasteiger partial charge is 0.173 e. The van der Waals surface area contributed by atoms with E-state index in [9.17, 15) is 0 Å². The molecule has 4 aromatic rings. The molecule has 0 fully saturated rings. The monoisotopic (exact) mass is 282 g/mol. The highest BCUT2D eigenvalue weighted by Gasteiger charge is 2.22. The summed E-state index contributed by atoms with van der Waals surface area (Å²) in [5.74, 6) is 2.60. The zero-order valence-electron chi connectivity index (χ0n) is 12.0. The van der Waals surface area contributed by atoms with Crippen molar-refractivity contribution in [1.29, 1.82) is 0 Å². The molecule has 0 aliphatic rings. The van der Waals surface area contributed by atoms with Gasteiger partial charge in [-0.3, -0.25) is 0 Å². The molecule has 0 saturated carbocycles. The molecule has 3 heterocycles. The van der Waals surface area contributed by atoms with Gasteiger partial charge in [-0.15, -0.1) is 0 Å². The standard InChI is InChI=1S/C16H14N2O3/c1-7-4-10-9(3)15-11(5-8(2)19-15)14(16(10)20-7)12-6-13(17)18-21-12/h4-6H,1-3H3,(H2,17,18). The molecule has 5 heteroatoms. The number of rotatable bonds is 1. The Bertz CT molecular complexity index is 930. The van der Waals surface area contributed by atoms with Gasteiger partial charge in [0, 0.05) is 22.4 Å². The third-order valence-corrected chi connectivity index (χ3v) is 3.73. The number of aryl methyl sites for hydroxylation is 3. The summed E-state index contributed by atoms with van der Waals surface area (Å²) in [4.78, 5) is 0. The highest BCUT2D eigenvalue weighted by Crippen LogP contribution is 2.41. The summed E-state index contributed by atoms with van der Waals surface area (Å²) in [5.41, 5.74) is 9.19. The summed E-state index contributed by atoms with van der Waals surface area (Å²) < 4.78 is 17.1. The van der Waals surface area contributed by atoms with Crippen LogP contribution in [0.5, 0.6) is 0 Å². The van der Waals surface area contributed by atoms with Crippen LogP contribution in [0.2, 0.25) is 0 Å². The topological polar surface area (TPSA) is 78.3 Å². The maximum Gasteiger partial charge on any atom is 0.173 e. The minimum Gasteiger partial charge on any atom is -0.461 e. The van der Waals surface area contributed by atoms with Crippen molar-refractivity contribution in [2.24, 2.45) is 0 Å². The molecule has 2 N–H and O–H groups in total. The quantitative estimate of drug-likeness (QED) is 0.561. The molecule has 0 atom stereocenters. The largest absolute Gasteiger partial charge is 0.461 e. The zero-order valence-corrected chi connectivity index (χ0v) is 12.0. The molecule has 106 valence electrons. The van der Waals surface area contributed by atoms with Gasteiger partial charge < -0.3 is 19.1 Å². The van der Waals surface area contributed by atoms with Crippen LogP contribution in [-0.2, 0) is 0 Å². The van der Waals surface area contributed by atoms with E-state index < -0.39 is 0 Å². The Morgan fingerprint density at radius 3 is 2.24 bits per heavy atom. The van der Waals surface area contributed by atoms with E-state index in [1.807, 2.05) is 32.9 Å². The number of benzene rings is 1. The molecule has 5 nitrogen and oxygen atoms in total. The highest BCUT2D eigenvalue weighted by molar-refractivity contribution is 6.10. The minimum absolute atomic E-state index is 0.343. The number of anilines is 1. The van der Waals surface area contributed by atoms with E-state index >= 15 is 0 Å². The molecule has 21 heavy (non-hydrogen) atoms. The zero-order chi connectivity index (χ0) is 14.7. The number of fused-ring (bicyclic) bond motifs is 2. The summed E-state index contributed by atoms with van der Waals surface area (Å²) in [6.45, 7) is 5.87. The Morgan fingerprint density at radius 1 is 0.905 bits per heavy atom. The number of hydrogen-bond acceptors (Lipinski definition) is 5. The Labute approximate surface area is 120 Å². The maximum atomic E-state index is 5.89. The fourth-order valence-electron chi connectivity index (χ4n) is 2.85. The number of hydrogen-bond donors (Lipinski definition) is 1. The third kappa shape index (κ3) is 1.60. The molecule has 0 aliphatic heterocycles. The molecule has 0 amide bonds. The van der Waals surface area contributed by atoms with Gasteiger partial charge in [0.25, 0.3) is 0 Å². The van der Waals surface area contributed by atoms with Crippen LogP contribution in [0.4, 0.5) is 5.82 Å². The third-order valence-electron chi connectivity index (χ3n) is 3.73. The molecular formula is C16H14N2O3. The lowest BCUT2D eigenvalue weighted by Crippen LogP contribution is -1.83. The van der Waals surface area contributed by atoms with Gasteiger partial charge in [-0.1, -0.05) is 5.16 Å². The second-order valence-corrected chi connectivity index (χ2v) is 5.32. The summed E-state index contributed by atoms with van der Waals surface area (Å²) >= 11 is 0. The second-order valence-electron chi connectivity index (χ2n) is 5.32. The molecule has 0 unspecified atom stereocenters. The molecule has 0 bridgehead atoms. The maximum absolute atomic E-state index is 5.89. The van der Waals surface area contributed by atoms with Crippen LogP contribution in [-0.4, -0.2) is 5.16 Å². The van der Waals surface area contributed by atoms with E-state index in [-0.39, 0.29) is 0 Å². The molecule has 4 rings (SSSR count).